The molecule has 0 aliphatic rings. The van der Waals surface area contributed by atoms with Gasteiger partial charge in [-0.05, 0) is 33.0 Å². The van der Waals surface area contributed by atoms with Crippen LogP contribution in [0.3, 0.4) is 0 Å². The molecule has 0 atom stereocenters. The SMILES string of the molecule is CN(Cc1cc(=O)n2cc(Cl)ccc2n1)C(C)(C)CO. The van der Waals surface area contributed by atoms with Gasteiger partial charge in [-0.1, -0.05) is 11.6 Å². The van der Waals surface area contributed by atoms with E-state index >= 15 is 0 Å². The Balaban J connectivity index is 2.37. The molecule has 108 valence electrons. The van der Waals surface area contributed by atoms with Gasteiger partial charge in [0.15, 0.2) is 0 Å². The lowest BCUT2D eigenvalue weighted by Crippen LogP contribution is -2.44. The van der Waals surface area contributed by atoms with E-state index in [0.29, 0.717) is 22.9 Å². The van der Waals surface area contributed by atoms with Crippen LogP contribution in [0.5, 0.6) is 0 Å². The highest BCUT2D eigenvalue weighted by Crippen LogP contribution is 2.14. The molecule has 0 radical (unpaired) electrons. The fourth-order valence-corrected chi connectivity index (χ4v) is 1.95. The number of hydrogen-bond acceptors (Lipinski definition) is 4. The predicted octanol–water partition coefficient (Wildman–Crippen LogP) is 1.55. The molecular formula is C14H18ClN3O2. The summed E-state index contributed by atoms with van der Waals surface area (Å²) in [6, 6.07) is 4.91. The summed E-state index contributed by atoms with van der Waals surface area (Å²) >= 11 is 5.87. The molecule has 0 aliphatic carbocycles. The van der Waals surface area contributed by atoms with Crippen molar-refractivity contribution in [3.05, 3.63) is 45.5 Å². The lowest BCUT2D eigenvalue weighted by Gasteiger charge is -2.33. The first-order valence-electron chi connectivity index (χ1n) is 6.33. The average Bonchev–Trinajstić information content (AvgIpc) is 2.39. The summed E-state index contributed by atoms with van der Waals surface area (Å²) in [5.74, 6) is 0. The molecule has 2 rings (SSSR count). The molecule has 5 nitrogen and oxygen atoms in total. The van der Waals surface area contributed by atoms with Crippen LogP contribution in [0.1, 0.15) is 19.5 Å². The zero-order chi connectivity index (χ0) is 14.9. The van der Waals surface area contributed by atoms with Crippen LogP contribution in [-0.4, -0.2) is 38.6 Å². The van der Waals surface area contributed by atoms with Crippen LogP contribution in [0.2, 0.25) is 5.02 Å². The molecular weight excluding hydrogens is 278 g/mol. The summed E-state index contributed by atoms with van der Waals surface area (Å²) in [5.41, 5.74) is 0.698. The molecule has 2 heterocycles. The molecule has 0 fully saturated rings. The van der Waals surface area contributed by atoms with Gasteiger partial charge in [0, 0.05) is 24.3 Å². The second kappa shape index (κ2) is 5.52. The maximum Gasteiger partial charge on any atom is 0.258 e. The molecule has 6 heteroatoms. The molecule has 0 aliphatic heterocycles. The minimum absolute atomic E-state index is 0.0334. The number of hydrogen-bond donors (Lipinski definition) is 1. The van der Waals surface area contributed by atoms with Crippen molar-refractivity contribution in [2.24, 2.45) is 0 Å². The van der Waals surface area contributed by atoms with Crippen LogP contribution in [0, 0.1) is 0 Å². The Hall–Kier alpha value is -1.43. The minimum atomic E-state index is -0.368. The maximum atomic E-state index is 12.0. The van der Waals surface area contributed by atoms with E-state index in [0.717, 1.165) is 0 Å². The van der Waals surface area contributed by atoms with Crippen molar-refractivity contribution in [2.45, 2.75) is 25.9 Å². The quantitative estimate of drug-likeness (QED) is 0.930. The zero-order valence-electron chi connectivity index (χ0n) is 11.8. The van der Waals surface area contributed by atoms with Crippen molar-refractivity contribution in [1.82, 2.24) is 14.3 Å². The fraction of sp³-hybridized carbons (Fsp3) is 0.429. The Bertz CT molecular complexity index is 682. The molecule has 2 aromatic heterocycles. The highest BCUT2D eigenvalue weighted by atomic mass is 35.5. The second-order valence-corrected chi connectivity index (χ2v) is 5.92. The molecule has 1 N–H and O–H groups in total. The normalized spacial score (nSPS) is 12.3. The van der Waals surface area contributed by atoms with Crippen LogP contribution in [0.4, 0.5) is 0 Å². The van der Waals surface area contributed by atoms with E-state index in [4.69, 9.17) is 11.6 Å². The second-order valence-electron chi connectivity index (χ2n) is 5.49. The van der Waals surface area contributed by atoms with Gasteiger partial charge in [-0.25, -0.2) is 4.98 Å². The van der Waals surface area contributed by atoms with Gasteiger partial charge in [0.25, 0.3) is 5.56 Å². The highest BCUT2D eigenvalue weighted by molar-refractivity contribution is 6.30. The number of fused-ring (bicyclic) bond motifs is 1. The van der Waals surface area contributed by atoms with Crippen molar-refractivity contribution in [1.29, 1.82) is 0 Å². The van der Waals surface area contributed by atoms with Gasteiger partial charge in [-0.15, -0.1) is 0 Å². The van der Waals surface area contributed by atoms with Crippen LogP contribution in [0.25, 0.3) is 5.65 Å². The molecule has 0 spiro atoms. The third kappa shape index (κ3) is 3.00. The van der Waals surface area contributed by atoms with Crippen LogP contribution in [0.15, 0.2) is 29.2 Å². The van der Waals surface area contributed by atoms with E-state index in [9.17, 15) is 9.90 Å². The van der Waals surface area contributed by atoms with Gasteiger partial charge >= 0.3 is 0 Å². The summed E-state index contributed by atoms with van der Waals surface area (Å²) in [4.78, 5) is 18.5. The first-order valence-corrected chi connectivity index (χ1v) is 6.71. The predicted molar refractivity (Wildman–Crippen MR) is 79.1 cm³/mol. The number of aromatic nitrogens is 2. The molecule has 0 saturated heterocycles. The first kappa shape index (κ1) is 15.0. The number of aliphatic hydroxyl groups is 1. The molecule has 0 unspecified atom stereocenters. The number of halogens is 1. The Morgan fingerprint density at radius 3 is 2.80 bits per heavy atom. The Kier molecular flexibility index (Phi) is 4.13. The third-order valence-corrected chi connectivity index (χ3v) is 3.72. The number of rotatable bonds is 4. The Labute approximate surface area is 122 Å². The summed E-state index contributed by atoms with van der Waals surface area (Å²) < 4.78 is 1.42. The van der Waals surface area contributed by atoms with E-state index in [1.54, 1.807) is 18.3 Å². The highest BCUT2D eigenvalue weighted by Gasteiger charge is 2.22. The minimum Gasteiger partial charge on any atom is -0.394 e. The Morgan fingerprint density at radius 2 is 2.15 bits per heavy atom. The molecule has 2 aromatic rings. The van der Waals surface area contributed by atoms with Gasteiger partial charge < -0.3 is 5.11 Å². The van der Waals surface area contributed by atoms with E-state index in [1.807, 2.05) is 25.8 Å². The van der Waals surface area contributed by atoms with Gasteiger partial charge in [0.1, 0.15) is 5.65 Å². The van der Waals surface area contributed by atoms with Crippen LogP contribution in [-0.2, 0) is 6.54 Å². The largest absolute Gasteiger partial charge is 0.394 e. The third-order valence-electron chi connectivity index (χ3n) is 3.50. The number of pyridine rings is 1. The van der Waals surface area contributed by atoms with Crippen molar-refractivity contribution in [3.8, 4) is 0 Å². The summed E-state index contributed by atoms with van der Waals surface area (Å²) in [6.07, 6.45) is 1.55. The fourth-order valence-electron chi connectivity index (χ4n) is 1.78. The van der Waals surface area contributed by atoms with Crippen LogP contribution >= 0.6 is 11.6 Å². The molecule has 0 aromatic carbocycles. The topological polar surface area (TPSA) is 57.8 Å². The van der Waals surface area contributed by atoms with Crippen LogP contribution < -0.4 is 5.56 Å². The van der Waals surface area contributed by atoms with Gasteiger partial charge in [-0.3, -0.25) is 14.1 Å². The lowest BCUT2D eigenvalue weighted by molar-refractivity contribution is 0.0724. The maximum absolute atomic E-state index is 12.0. The standard InChI is InChI=1S/C14H18ClN3O2/c1-14(2,9-19)17(3)8-11-6-13(20)18-7-10(15)4-5-12(18)16-11/h4-7,19H,8-9H2,1-3H3. The van der Waals surface area contributed by atoms with E-state index in [1.165, 1.54) is 10.5 Å². The molecule has 20 heavy (non-hydrogen) atoms. The van der Waals surface area contributed by atoms with E-state index in [-0.39, 0.29) is 17.7 Å². The van der Waals surface area contributed by atoms with Crippen molar-refractivity contribution in [2.75, 3.05) is 13.7 Å². The van der Waals surface area contributed by atoms with Crippen molar-refractivity contribution in [3.63, 3.8) is 0 Å². The smallest absolute Gasteiger partial charge is 0.258 e. The molecule has 0 amide bonds. The number of aliphatic hydroxyl groups excluding tert-OH is 1. The number of likely N-dealkylation sites (N-methyl/N-ethyl adjacent to an activating group) is 1. The average molecular weight is 296 g/mol. The lowest BCUT2D eigenvalue weighted by atomic mass is 10.1. The molecule has 0 saturated carbocycles. The van der Waals surface area contributed by atoms with Gasteiger partial charge in [0.05, 0.1) is 17.3 Å². The zero-order valence-corrected chi connectivity index (χ0v) is 12.6. The summed E-state index contributed by atoms with van der Waals surface area (Å²) in [7, 11) is 1.89. The summed E-state index contributed by atoms with van der Waals surface area (Å²) in [6.45, 7) is 4.38. The van der Waals surface area contributed by atoms with Crippen molar-refractivity contribution < 1.29 is 5.11 Å². The number of nitrogens with zero attached hydrogens (tertiary/aromatic N) is 3. The van der Waals surface area contributed by atoms with Gasteiger partial charge in [0.2, 0.25) is 0 Å². The first-order chi connectivity index (χ1) is 9.33. The van der Waals surface area contributed by atoms with E-state index < -0.39 is 0 Å². The monoisotopic (exact) mass is 295 g/mol. The Morgan fingerprint density at radius 1 is 1.45 bits per heavy atom. The van der Waals surface area contributed by atoms with Crippen molar-refractivity contribution >= 4 is 17.2 Å². The van der Waals surface area contributed by atoms with Gasteiger partial charge in [-0.2, -0.15) is 0 Å². The van der Waals surface area contributed by atoms with E-state index in [2.05, 4.69) is 4.98 Å². The summed E-state index contributed by atoms with van der Waals surface area (Å²) in [5, 5.41) is 9.85. The molecule has 0 bridgehead atoms.